The molecule has 29 heavy (non-hydrogen) atoms. The van der Waals surface area contributed by atoms with Crippen LogP contribution in [0.3, 0.4) is 0 Å². The second-order valence-corrected chi connectivity index (χ2v) is 6.80. The average molecular weight is 410 g/mol. The van der Waals surface area contributed by atoms with Gasteiger partial charge in [0.05, 0.1) is 5.54 Å². The summed E-state index contributed by atoms with van der Waals surface area (Å²) >= 11 is 0. The number of rotatable bonds is 6. The molecule has 0 atom stereocenters. The number of alkyl halides is 3. The zero-order valence-electron chi connectivity index (χ0n) is 15.6. The molecule has 156 valence electrons. The molecule has 0 spiro atoms. The van der Waals surface area contributed by atoms with Gasteiger partial charge in [0, 0.05) is 38.4 Å². The largest absolute Gasteiger partial charge is 0.573 e. The number of nitrogens with zero attached hydrogens (tertiary/aromatic N) is 1. The Morgan fingerprint density at radius 2 is 1.93 bits per heavy atom. The van der Waals surface area contributed by atoms with Gasteiger partial charge in [0.15, 0.2) is 0 Å². The molecule has 9 heteroatoms. The van der Waals surface area contributed by atoms with E-state index in [-0.39, 0.29) is 30.2 Å². The van der Waals surface area contributed by atoms with Gasteiger partial charge in [0.1, 0.15) is 5.75 Å². The molecule has 1 aliphatic rings. The minimum atomic E-state index is -4.80. The summed E-state index contributed by atoms with van der Waals surface area (Å²) in [5.74, 6) is -0.643. The molecule has 2 aromatic rings. The van der Waals surface area contributed by atoms with Crippen molar-refractivity contribution in [1.82, 2.24) is 9.88 Å². The van der Waals surface area contributed by atoms with Gasteiger partial charge in [0.2, 0.25) is 5.91 Å². The SMILES string of the molecule is O=C(CCn1ccccc1=O)NC1(c2cccc(OC(F)(F)F)c2)CCOCC1. The van der Waals surface area contributed by atoms with Crippen molar-refractivity contribution in [3.05, 3.63) is 64.6 Å². The molecule has 1 saturated heterocycles. The number of aryl methyl sites for hydroxylation is 1. The van der Waals surface area contributed by atoms with Crippen LogP contribution in [0.1, 0.15) is 24.8 Å². The van der Waals surface area contributed by atoms with Crippen LogP contribution >= 0.6 is 0 Å². The zero-order chi connectivity index (χ0) is 20.9. The standard InChI is InChI=1S/C20H21F3N2O4/c21-20(22,23)29-16-5-3-4-15(14-16)19(8-12-28-13-9-19)24-17(26)7-11-25-10-2-1-6-18(25)27/h1-6,10,14H,7-9,11-13H2,(H,24,26). The average Bonchev–Trinajstić information content (AvgIpc) is 2.67. The summed E-state index contributed by atoms with van der Waals surface area (Å²) in [5.41, 5.74) is -0.548. The summed E-state index contributed by atoms with van der Waals surface area (Å²) < 4.78 is 48.5. The fourth-order valence-electron chi connectivity index (χ4n) is 3.39. The van der Waals surface area contributed by atoms with Crippen molar-refractivity contribution in [2.75, 3.05) is 13.2 Å². The number of benzene rings is 1. The first kappa shape index (κ1) is 20.9. The third-order valence-electron chi connectivity index (χ3n) is 4.82. The summed E-state index contributed by atoms with van der Waals surface area (Å²) in [6.07, 6.45) is -2.31. The summed E-state index contributed by atoms with van der Waals surface area (Å²) in [5, 5.41) is 2.96. The molecule has 6 nitrogen and oxygen atoms in total. The Labute approximate surface area is 165 Å². The van der Waals surface area contributed by atoms with Gasteiger partial charge in [-0.25, -0.2) is 0 Å². The van der Waals surface area contributed by atoms with Crippen molar-refractivity contribution in [2.24, 2.45) is 0 Å². The van der Waals surface area contributed by atoms with Gasteiger partial charge in [-0.15, -0.1) is 13.2 Å². The molecule has 1 aliphatic heterocycles. The Kier molecular flexibility index (Phi) is 6.26. The van der Waals surface area contributed by atoms with E-state index in [0.29, 0.717) is 31.6 Å². The first-order valence-electron chi connectivity index (χ1n) is 9.18. The first-order valence-corrected chi connectivity index (χ1v) is 9.18. The van der Waals surface area contributed by atoms with Gasteiger partial charge >= 0.3 is 6.36 Å². The third-order valence-corrected chi connectivity index (χ3v) is 4.82. The van der Waals surface area contributed by atoms with Crippen molar-refractivity contribution >= 4 is 5.91 Å². The van der Waals surface area contributed by atoms with E-state index in [0.717, 1.165) is 0 Å². The van der Waals surface area contributed by atoms with E-state index in [9.17, 15) is 22.8 Å². The molecule has 2 heterocycles. The number of nitrogens with one attached hydrogen (secondary N) is 1. The van der Waals surface area contributed by atoms with Gasteiger partial charge in [-0.3, -0.25) is 9.59 Å². The molecule has 0 saturated carbocycles. The number of pyridine rings is 1. The van der Waals surface area contributed by atoms with Crippen LogP contribution in [0, 0.1) is 0 Å². The lowest BCUT2D eigenvalue weighted by Gasteiger charge is -2.38. The highest BCUT2D eigenvalue weighted by atomic mass is 19.4. The van der Waals surface area contributed by atoms with Crippen LogP contribution in [0.4, 0.5) is 13.2 Å². The van der Waals surface area contributed by atoms with Crippen LogP contribution in [0.5, 0.6) is 5.75 Å². The van der Waals surface area contributed by atoms with Crippen molar-refractivity contribution in [3.8, 4) is 5.75 Å². The zero-order valence-corrected chi connectivity index (χ0v) is 15.6. The van der Waals surface area contributed by atoms with Gasteiger partial charge in [-0.1, -0.05) is 18.2 Å². The predicted octanol–water partition coefficient (Wildman–Crippen LogP) is 2.96. The highest BCUT2D eigenvalue weighted by Gasteiger charge is 2.37. The number of aromatic nitrogens is 1. The van der Waals surface area contributed by atoms with Crippen LogP contribution in [0.15, 0.2) is 53.5 Å². The highest BCUT2D eigenvalue weighted by Crippen LogP contribution is 2.35. The van der Waals surface area contributed by atoms with E-state index < -0.39 is 11.9 Å². The maximum Gasteiger partial charge on any atom is 0.573 e. The Hall–Kier alpha value is -2.81. The summed E-state index contributed by atoms with van der Waals surface area (Å²) in [7, 11) is 0. The molecule has 1 fully saturated rings. The maximum atomic E-state index is 12.6. The third kappa shape index (κ3) is 5.60. The summed E-state index contributed by atoms with van der Waals surface area (Å²) in [4.78, 5) is 24.4. The Balaban J connectivity index is 1.76. The smallest absolute Gasteiger partial charge is 0.406 e. The molecule has 1 amide bonds. The normalized spacial score (nSPS) is 16.2. The molecule has 0 unspecified atom stereocenters. The van der Waals surface area contributed by atoms with Crippen LogP contribution in [0.25, 0.3) is 0 Å². The van der Waals surface area contributed by atoms with Gasteiger partial charge in [-0.05, 0) is 36.6 Å². The summed E-state index contributed by atoms with van der Waals surface area (Å²) in [6, 6.07) is 10.4. The van der Waals surface area contributed by atoms with Crippen LogP contribution in [-0.2, 0) is 21.6 Å². The lowest BCUT2D eigenvalue weighted by molar-refractivity contribution is -0.274. The summed E-state index contributed by atoms with van der Waals surface area (Å²) in [6.45, 7) is 0.931. The van der Waals surface area contributed by atoms with Gasteiger partial charge < -0.3 is 19.4 Å². The van der Waals surface area contributed by atoms with Crippen LogP contribution < -0.4 is 15.6 Å². The second kappa shape index (κ2) is 8.69. The fraction of sp³-hybridized carbons (Fsp3) is 0.400. The number of halogens is 3. The van der Waals surface area contributed by atoms with E-state index in [1.807, 2.05) is 0 Å². The van der Waals surface area contributed by atoms with E-state index >= 15 is 0 Å². The highest BCUT2D eigenvalue weighted by molar-refractivity contribution is 5.77. The second-order valence-electron chi connectivity index (χ2n) is 6.80. The lowest BCUT2D eigenvalue weighted by Crippen LogP contribution is -2.49. The van der Waals surface area contributed by atoms with Crippen molar-refractivity contribution in [3.63, 3.8) is 0 Å². The number of carbonyl (C=O) groups is 1. The molecular formula is C20H21F3N2O4. The van der Waals surface area contributed by atoms with E-state index in [4.69, 9.17) is 4.74 Å². The molecule has 1 N–H and O–H groups in total. The van der Waals surface area contributed by atoms with Crippen LogP contribution in [-0.4, -0.2) is 30.1 Å². The first-order chi connectivity index (χ1) is 13.8. The fourth-order valence-corrected chi connectivity index (χ4v) is 3.39. The van der Waals surface area contributed by atoms with Crippen molar-refractivity contribution in [1.29, 1.82) is 0 Å². The molecule has 0 radical (unpaired) electrons. The molecular weight excluding hydrogens is 389 g/mol. The number of amides is 1. The minimum absolute atomic E-state index is 0.0608. The van der Waals surface area contributed by atoms with Crippen LogP contribution in [0.2, 0.25) is 0 Å². The van der Waals surface area contributed by atoms with Gasteiger partial charge in [0.25, 0.3) is 5.56 Å². The number of ether oxygens (including phenoxy) is 2. The Bertz CT molecular complexity index is 905. The van der Waals surface area contributed by atoms with Crippen molar-refractivity contribution in [2.45, 2.75) is 37.7 Å². The quantitative estimate of drug-likeness (QED) is 0.795. The predicted molar refractivity (Wildman–Crippen MR) is 98.3 cm³/mol. The van der Waals surface area contributed by atoms with E-state index in [1.54, 1.807) is 24.4 Å². The monoisotopic (exact) mass is 410 g/mol. The van der Waals surface area contributed by atoms with E-state index in [1.165, 1.54) is 28.8 Å². The molecule has 0 bridgehead atoms. The molecule has 1 aromatic carbocycles. The number of carbonyl (C=O) groups excluding carboxylic acids is 1. The Morgan fingerprint density at radius 3 is 2.62 bits per heavy atom. The lowest BCUT2D eigenvalue weighted by atomic mass is 9.82. The van der Waals surface area contributed by atoms with Crippen molar-refractivity contribution < 1.29 is 27.4 Å². The number of hydrogen-bond acceptors (Lipinski definition) is 4. The number of hydrogen-bond donors (Lipinski definition) is 1. The van der Waals surface area contributed by atoms with E-state index in [2.05, 4.69) is 10.1 Å². The Morgan fingerprint density at radius 1 is 1.17 bits per heavy atom. The maximum absolute atomic E-state index is 12.6. The molecule has 3 rings (SSSR count). The molecule has 0 aliphatic carbocycles. The topological polar surface area (TPSA) is 69.6 Å². The van der Waals surface area contributed by atoms with Gasteiger partial charge in [-0.2, -0.15) is 0 Å². The minimum Gasteiger partial charge on any atom is -0.406 e. The molecule has 1 aromatic heterocycles.